The van der Waals surface area contributed by atoms with Gasteiger partial charge < -0.3 is 4.74 Å². The first-order valence-corrected chi connectivity index (χ1v) is 4.74. The van der Waals surface area contributed by atoms with E-state index in [2.05, 4.69) is 5.92 Å². The van der Waals surface area contributed by atoms with E-state index >= 15 is 0 Å². The van der Waals surface area contributed by atoms with E-state index in [0.29, 0.717) is 11.3 Å². The lowest BCUT2D eigenvalue weighted by atomic mass is 9.84. The minimum atomic E-state index is -0.664. The fourth-order valence-corrected chi connectivity index (χ4v) is 1.55. The number of terminal acetylenes is 1. The molecule has 0 heterocycles. The number of hydrogen-bond donors (Lipinski definition) is 0. The van der Waals surface area contributed by atoms with Crippen molar-refractivity contribution in [3.05, 3.63) is 29.1 Å². The highest BCUT2D eigenvalue weighted by atomic mass is 19.1. The fraction of sp³-hybridized carbons (Fsp3) is 0.385. The Labute approximate surface area is 90.3 Å². The highest BCUT2D eigenvalue weighted by Gasteiger charge is 2.26. The standard InChI is InChI=1S/C13H15FO/c1-6-13(3,4)12-10(14)7-9(2)8-11(12)15-5/h1,7-8H,2-5H3. The quantitative estimate of drug-likeness (QED) is 0.676. The average Bonchev–Trinajstić information content (AvgIpc) is 2.15. The third-order valence-corrected chi connectivity index (χ3v) is 2.40. The second-order valence-corrected chi connectivity index (χ2v) is 4.09. The van der Waals surface area contributed by atoms with Crippen LogP contribution in [-0.4, -0.2) is 7.11 Å². The Morgan fingerprint density at radius 1 is 1.40 bits per heavy atom. The fourth-order valence-electron chi connectivity index (χ4n) is 1.55. The van der Waals surface area contributed by atoms with Gasteiger partial charge in [0.05, 0.1) is 12.5 Å². The molecule has 0 aromatic heterocycles. The van der Waals surface area contributed by atoms with Crippen molar-refractivity contribution in [1.82, 2.24) is 0 Å². The van der Waals surface area contributed by atoms with Crippen molar-refractivity contribution >= 4 is 0 Å². The molecule has 0 atom stereocenters. The first-order valence-electron chi connectivity index (χ1n) is 4.74. The highest BCUT2D eigenvalue weighted by molar-refractivity contribution is 5.46. The molecule has 0 radical (unpaired) electrons. The second kappa shape index (κ2) is 3.94. The van der Waals surface area contributed by atoms with Crippen LogP contribution < -0.4 is 4.74 Å². The Bertz CT molecular complexity index is 413. The molecular formula is C13H15FO. The van der Waals surface area contributed by atoms with Gasteiger partial charge in [0.25, 0.3) is 0 Å². The van der Waals surface area contributed by atoms with E-state index in [0.717, 1.165) is 5.56 Å². The molecule has 1 aromatic carbocycles. The Morgan fingerprint density at radius 3 is 2.47 bits per heavy atom. The van der Waals surface area contributed by atoms with Crippen LogP contribution in [0, 0.1) is 25.1 Å². The predicted molar refractivity (Wildman–Crippen MR) is 59.5 cm³/mol. The van der Waals surface area contributed by atoms with Gasteiger partial charge >= 0.3 is 0 Å². The predicted octanol–water partition coefficient (Wildman–Crippen LogP) is 3.05. The largest absolute Gasteiger partial charge is 0.496 e. The zero-order chi connectivity index (χ0) is 11.6. The van der Waals surface area contributed by atoms with Gasteiger partial charge in [0, 0.05) is 5.56 Å². The second-order valence-electron chi connectivity index (χ2n) is 4.09. The van der Waals surface area contributed by atoms with Gasteiger partial charge in [-0.2, -0.15) is 0 Å². The van der Waals surface area contributed by atoms with E-state index in [9.17, 15) is 4.39 Å². The molecule has 0 aliphatic carbocycles. The van der Waals surface area contributed by atoms with E-state index in [1.54, 1.807) is 19.9 Å². The van der Waals surface area contributed by atoms with Gasteiger partial charge in [-0.05, 0) is 38.5 Å². The van der Waals surface area contributed by atoms with Crippen molar-refractivity contribution < 1.29 is 9.13 Å². The zero-order valence-corrected chi connectivity index (χ0v) is 9.52. The summed E-state index contributed by atoms with van der Waals surface area (Å²) in [6, 6.07) is 3.26. The summed E-state index contributed by atoms with van der Waals surface area (Å²) in [5.41, 5.74) is 0.599. The Kier molecular flexibility index (Phi) is 3.04. The molecule has 1 aromatic rings. The normalized spacial score (nSPS) is 10.9. The number of aryl methyl sites for hydroxylation is 1. The average molecular weight is 206 g/mol. The monoisotopic (exact) mass is 206 g/mol. The molecule has 80 valence electrons. The van der Waals surface area contributed by atoms with Crippen LogP contribution in [0.4, 0.5) is 4.39 Å². The first kappa shape index (κ1) is 11.6. The molecule has 0 bridgehead atoms. The van der Waals surface area contributed by atoms with Crippen molar-refractivity contribution in [3.8, 4) is 18.1 Å². The van der Waals surface area contributed by atoms with Gasteiger partial charge in [-0.25, -0.2) is 4.39 Å². The molecule has 1 rings (SSSR count). The number of methoxy groups -OCH3 is 1. The van der Waals surface area contributed by atoms with Crippen LogP contribution in [0.25, 0.3) is 0 Å². The highest BCUT2D eigenvalue weighted by Crippen LogP contribution is 2.34. The van der Waals surface area contributed by atoms with E-state index in [4.69, 9.17) is 11.2 Å². The number of ether oxygens (including phenoxy) is 1. The number of benzene rings is 1. The summed E-state index contributed by atoms with van der Waals surface area (Å²) in [6.07, 6.45) is 5.40. The van der Waals surface area contributed by atoms with Crippen LogP contribution in [0.5, 0.6) is 5.75 Å². The van der Waals surface area contributed by atoms with E-state index in [1.807, 2.05) is 6.92 Å². The van der Waals surface area contributed by atoms with Gasteiger partial charge in [0.1, 0.15) is 11.6 Å². The van der Waals surface area contributed by atoms with Gasteiger partial charge in [-0.3, -0.25) is 0 Å². The van der Waals surface area contributed by atoms with Gasteiger partial charge in [0.15, 0.2) is 0 Å². The minimum absolute atomic E-state index is 0.310. The minimum Gasteiger partial charge on any atom is -0.496 e. The molecule has 1 nitrogen and oxygen atoms in total. The molecule has 0 spiro atoms. The molecule has 15 heavy (non-hydrogen) atoms. The lowest BCUT2D eigenvalue weighted by molar-refractivity contribution is 0.395. The molecule has 0 N–H and O–H groups in total. The first-order chi connectivity index (χ1) is 6.92. The van der Waals surface area contributed by atoms with Crippen LogP contribution in [0.3, 0.4) is 0 Å². The third-order valence-electron chi connectivity index (χ3n) is 2.40. The third kappa shape index (κ3) is 2.12. The van der Waals surface area contributed by atoms with Gasteiger partial charge in [0.2, 0.25) is 0 Å². The lowest BCUT2D eigenvalue weighted by Crippen LogP contribution is -2.17. The summed E-state index contributed by atoms with van der Waals surface area (Å²) in [7, 11) is 1.52. The maximum absolute atomic E-state index is 13.8. The number of hydrogen-bond acceptors (Lipinski definition) is 1. The summed E-state index contributed by atoms with van der Waals surface area (Å²) >= 11 is 0. The molecular weight excluding hydrogens is 191 g/mol. The molecule has 0 amide bonds. The zero-order valence-electron chi connectivity index (χ0n) is 9.52. The van der Waals surface area contributed by atoms with Crippen LogP contribution >= 0.6 is 0 Å². The van der Waals surface area contributed by atoms with Crippen molar-refractivity contribution in [3.63, 3.8) is 0 Å². The number of rotatable bonds is 2. The van der Waals surface area contributed by atoms with Crippen molar-refractivity contribution in [2.24, 2.45) is 0 Å². The van der Waals surface area contributed by atoms with Crippen molar-refractivity contribution in [1.29, 1.82) is 0 Å². The number of halogens is 1. The van der Waals surface area contributed by atoms with Gasteiger partial charge in [-0.1, -0.05) is 5.92 Å². The molecule has 0 saturated heterocycles. The molecule has 0 aliphatic heterocycles. The summed E-state index contributed by atoms with van der Waals surface area (Å²) in [5.74, 6) is 2.77. The SMILES string of the molecule is C#CC(C)(C)c1c(F)cc(C)cc1OC. The maximum atomic E-state index is 13.8. The molecule has 2 heteroatoms. The van der Waals surface area contributed by atoms with Gasteiger partial charge in [-0.15, -0.1) is 6.42 Å². The van der Waals surface area contributed by atoms with Crippen molar-refractivity contribution in [2.75, 3.05) is 7.11 Å². The van der Waals surface area contributed by atoms with E-state index in [-0.39, 0.29) is 5.82 Å². The van der Waals surface area contributed by atoms with Crippen LogP contribution in [0.15, 0.2) is 12.1 Å². The maximum Gasteiger partial charge on any atom is 0.131 e. The Balaban J connectivity index is 3.48. The summed E-state index contributed by atoms with van der Waals surface area (Å²) in [5, 5.41) is 0. The van der Waals surface area contributed by atoms with E-state index < -0.39 is 5.41 Å². The molecule has 0 saturated carbocycles. The van der Waals surface area contributed by atoms with Crippen LogP contribution in [0.2, 0.25) is 0 Å². The molecule has 0 aliphatic rings. The summed E-state index contributed by atoms with van der Waals surface area (Å²) in [6.45, 7) is 5.41. The Morgan fingerprint density at radius 2 is 2.00 bits per heavy atom. The van der Waals surface area contributed by atoms with E-state index in [1.165, 1.54) is 13.2 Å². The van der Waals surface area contributed by atoms with Crippen LogP contribution in [-0.2, 0) is 5.41 Å². The Hall–Kier alpha value is -1.49. The molecule has 0 fully saturated rings. The lowest BCUT2D eigenvalue weighted by Gasteiger charge is -2.22. The summed E-state index contributed by atoms with van der Waals surface area (Å²) < 4.78 is 19.0. The van der Waals surface area contributed by atoms with Crippen LogP contribution in [0.1, 0.15) is 25.0 Å². The topological polar surface area (TPSA) is 9.23 Å². The molecule has 0 unspecified atom stereocenters. The van der Waals surface area contributed by atoms with Crippen molar-refractivity contribution in [2.45, 2.75) is 26.2 Å². The summed E-state index contributed by atoms with van der Waals surface area (Å²) in [4.78, 5) is 0. The smallest absolute Gasteiger partial charge is 0.131 e.